The first kappa shape index (κ1) is 21.3. The zero-order valence-corrected chi connectivity index (χ0v) is 17.9. The quantitative estimate of drug-likeness (QED) is 0.542. The van der Waals surface area contributed by atoms with Crippen molar-refractivity contribution in [3.8, 4) is 0 Å². The van der Waals surface area contributed by atoms with Crippen LogP contribution in [-0.4, -0.2) is 35.5 Å². The van der Waals surface area contributed by atoms with E-state index in [9.17, 15) is 15.0 Å². The van der Waals surface area contributed by atoms with E-state index in [0.717, 1.165) is 37.7 Å². The summed E-state index contributed by atoms with van der Waals surface area (Å²) in [6.45, 7) is 0. The largest absolute Gasteiger partial charge is 0.465 e. The summed E-state index contributed by atoms with van der Waals surface area (Å²) in [5, 5.41) is 21.2. The molecular weight excluding hydrogens is 376 g/mol. The molecule has 0 bridgehead atoms. The smallest absolute Gasteiger partial charge is 0.337 e. The van der Waals surface area contributed by atoms with Crippen LogP contribution in [-0.2, 0) is 4.74 Å². The van der Waals surface area contributed by atoms with Gasteiger partial charge in [0.1, 0.15) is 0 Å². The van der Waals surface area contributed by atoms with E-state index < -0.39 is 0 Å². The van der Waals surface area contributed by atoms with Crippen LogP contribution < -0.4 is 0 Å². The predicted molar refractivity (Wildman–Crippen MR) is 118 cm³/mol. The molecule has 0 amide bonds. The summed E-state index contributed by atoms with van der Waals surface area (Å²) < 4.78 is 4.82. The number of fused-ring (bicyclic) bond motifs is 1. The van der Waals surface area contributed by atoms with Crippen LogP contribution >= 0.6 is 0 Å². The standard InChI is InChI=1S/C26H34O4/c1-30-26(29)20-9-5-6-17(13-20)12-18-14-21-16-25(28)22(23(21)15-18)10-11-24(27)19-7-3-2-4-8-19/h5-6,9-13,19,21-25,27-28H,2-4,7-8,14-16H2,1H3/b11-10+,18-12?/t21-,22-,23-,24-,25-/m1/s1. The zero-order chi connectivity index (χ0) is 21.1. The predicted octanol–water partition coefficient (Wildman–Crippen LogP) is 4.76. The second-order valence-corrected chi connectivity index (χ2v) is 9.41. The Hall–Kier alpha value is -1.91. The lowest BCUT2D eigenvalue weighted by Gasteiger charge is -2.25. The third-order valence-electron chi connectivity index (χ3n) is 7.45. The average molecular weight is 411 g/mol. The maximum Gasteiger partial charge on any atom is 0.337 e. The molecule has 0 radical (unpaired) electrons. The molecule has 3 fully saturated rings. The van der Waals surface area contributed by atoms with Gasteiger partial charge in [-0.15, -0.1) is 0 Å². The number of rotatable bonds is 5. The minimum Gasteiger partial charge on any atom is -0.465 e. The van der Waals surface area contributed by atoms with Crippen molar-refractivity contribution in [2.45, 2.75) is 63.6 Å². The Balaban J connectivity index is 1.42. The van der Waals surface area contributed by atoms with E-state index in [1.807, 2.05) is 24.3 Å². The molecule has 1 aromatic rings. The third kappa shape index (κ3) is 4.70. The molecular formula is C26H34O4. The zero-order valence-electron chi connectivity index (χ0n) is 17.9. The Morgan fingerprint density at radius 3 is 2.77 bits per heavy atom. The first-order valence-electron chi connectivity index (χ1n) is 11.5. The number of allylic oxidation sites excluding steroid dienone is 1. The lowest BCUT2D eigenvalue weighted by atomic mass is 9.84. The van der Waals surface area contributed by atoms with Gasteiger partial charge in [0.05, 0.1) is 24.9 Å². The van der Waals surface area contributed by atoms with Crippen molar-refractivity contribution in [3.05, 3.63) is 53.1 Å². The van der Waals surface area contributed by atoms with Gasteiger partial charge >= 0.3 is 5.97 Å². The molecule has 4 rings (SSSR count). The van der Waals surface area contributed by atoms with Crippen molar-refractivity contribution < 1.29 is 19.7 Å². The minimum absolute atomic E-state index is 0.126. The lowest BCUT2D eigenvalue weighted by Crippen LogP contribution is -2.22. The van der Waals surface area contributed by atoms with Crippen molar-refractivity contribution >= 4 is 12.0 Å². The van der Waals surface area contributed by atoms with E-state index in [0.29, 0.717) is 23.3 Å². The summed E-state index contributed by atoms with van der Waals surface area (Å²) in [5.74, 6) is 1.12. The minimum atomic E-state index is -0.381. The SMILES string of the molecule is COC(=O)c1cccc(C=C2C[C@@H]3C[C@@H](O)[C@H](/C=C/[C@@H](O)C4CCCCC4)[C@@H]3C2)c1. The Kier molecular flexibility index (Phi) is 6.74. The Morgan fingerprint density at radius 2 is 2.00 bits per heavy atom. The molecule has 3 saturated carbocycles. The molecule has 162 valence electrons. The van der Waals surface area contributed by atoms with Crippen LogP contribution in [0.5, 0.6) is 0 Å². The van der Waals surface area contributed by atoms with Gasteiger partial charge in [-0.1, -0.05) is 55.2 Å². The Bertz CT molecular complexity index is 805. The van der Waals surface area contributed by atoms with E-state index in [4.69, 9.17) is 4.74 Å². The maximum atomic E-state index is 11.8. The van der Waals surface area contributed by atoms with Crippen LogP contribution in [0.2, 0.25) is 0 Å². The van der Waals surface area contributed by atoms with Gasteiger partial charge in [-0.3, -0.25) is 0 Å². The lowest BCUT2D eigenvalue weighted by molar-refractivity contribution is 0.0600. The average Bonchev–Trinajstić information content (AvgIpc) is 3.28. The normalized spacial score (nSPS) is 31.9. The number of ether oxygens (including phenoxy) is 1. The number of hydrogen-bond acceptors (Lipinski definition) is 4. The number of hydrogen-bond donors (Lipinski definition) is 2. The molecule has 30 heavy (non-hydrogen) atoms. The van der Waals surface area contributed by atoms with Crippen LogP contribution in [0, 0.1) is 23.7 Å². The van der Waals surface area contributed by atoms with E-state index in [1.54, 1.807) is 6.07 Å². The van der Waals surface area contributed by atoms with Gasteiger partial charge in [0.25, 0.3) is 0 Å². The first-order valence-corrected chi connectivity index (χ1v) is 11.5. The van der Waals surface area contributed by atoms with E-state index >= 15 is 0 Å². The molecule has 3 aliphatic rings. The van der Waals surface area contributed by atoms with Crippen LogP contribution in [0.25, 0.3) is 6.08 Å². The molecule has 4 nitrogen and oxygen atoms in total. The summed E-state index contributed by atoms with van der Waals surface area (Å²) in [7, 11) is 1.40. The summed E-state index contributed by atoms with van der Waals surface area (Å²) in [6.07, 6.45) is 14.3. The molecule has 0 saturated heterocycles. The molecule has 5 atom stereocenters. The van der Waals surface area contributed by atoms with Gasteiger partial charge in [-0.2, -0.15) is 0 Å². The summed E-state index contributed by atoms with van der Waals surface area (Å²) >= 11 is 0. The number of aliphatic hydroxyl groups is 2. The molecule has 0 aliphatic heterocycles. The van der Waals surface area contributed by atoms with Crippen molar-refractivity contribution in [2.24, 2.45) is 23.7 Å². The van der Waals surface area contributed by atoms with E-state index in [-0.39, 0.29) is 24.1 Å². The summed E-state index contributed by atoms with van der Waals surface area (Å²) in [5.41, 5.74) is 2.97. The van der Waals surface area contributed by atoms with Gasteiger partial charge in [0.15, 0.2) is 0 Å². The highest BCUT2D eigenvalue weighted by molar-refractivity contribution is 5.90. The Labute approximate surface area is 179 Å². The van der Waals surface area contributed by atoms with Crippen molar-refractivity contribution in [2.75, 3.05) is 7.11 Å². The van der Waals surface area contributed by atoms with Crippen molar-refractivity contribution in [1.29, 1.82) is 0 Å². The van der Waals surface area contributed by atoms with Gasteiger partial charge < -0.3 is 14.9 Å². The van der Waals surface area contributed by atoms with Crippen LogP contribution in [0.4, 0.5) is 0 Å². The van der Waals surface area contributed by atoms with Crippen LogP contribution in [0.1, 0.15) is 67.3 Å². The van der Waals surface area contributed by atoms with Crippen LogP contribution in [0.15, 0.2) is 42.0 Å². The Morgan fingerprint density at radius 1 is 1.20 bits per heavy atom. The van der Waals surface area contributed by atoms with Gasteiger partial charge in [-0.05, 0) is 67.6 Å². The molecule has 4 heteroatoms. The molecule has 0 unspecified atom stereocenters. The fourth-order valence-electron chi connectivity index (χ4n) is 5.87. The highest BCUT2D eigenvalue weighted by Gasteiger charge is 2.45. The van der Waals surface area contributed by atoms with E-state index in [1.165, 1.54) is 31.9 Å². The highest BCUT2D eigenvalue weighted by atomic mass is 16.5. The van der Waals surface area contributed by atoms with Gasteiger partial charge in [0, 0.05) is 5.92 Å². The molecule has 1 aromatic carbocycles. The van der Waals surface area contributed by atoms with Crippen molar-refractivity contribution in [3.63, 3.8) is 0 Å². The third-order valence-corrected chi connectivity index (χ3v) is 7.45. The monoisotopic (exact) mass is 410 g/mol. The molecule has 0 spiro atoms. The fourth-order valence-corrected chi connectivity index (χ4v) is 5.87. The topological polar surface area (TPSA) is 66.8 Å². The van der Waals surface area contributed by atoms with Gasteiger partial charge in [0.2, 0.25) is 0 Å². The van der Waals surface area contributed by atoms with Gasteiger partial charge in [-0.25, -0.2) is 4.79 Å². The maximum absolute atomic E-state index is 11.8. The molecule has 2 N–H and O–H groups in total. The highest BCUT2D eigenvalue weighted by Crippen LogP contribution is 2.51. The second kappa shape index (κ2) is 9.49. The van der Waals surface area contributed by atoms with Crippen LogP contribution in [0.3, 0.4) is 0 Å². The number of methoxy groups -OCH3 is 1. The number of benzene rings is 1. The number of carbonyl (C=O) groups excluding carboxylic acids is 1. The molecule has 0 heterocycles. The number of esters is 1. The summed E-state index contributed by atoms with van der Waals surface area (Å²) in [4.78, 5) is 11.8. The second-order valence-electron chi connectivity index (χ2n) is 9.41. The van der Waals surface area contributed by atoms with Crippen molar-refractivity contribution in [1.82, 2.24) is 0 Å². The van der Waals surface area contributed by atoms with E-state index in [2.05, 4.69) is 12.2 Å². The fraction of sp³-hybridized carbons (Fsp3) is 0.577. The number of carbonyl (C=O) groups is 1. The molecule has 0 aromatic heterocycles. The summed E-state index contributed by atoms with van der Waals surface area (Å²) in [6, 6.07) is 7.54. The molecule has 3 aliphatic carbocycles. The first-order chi connectivity index (χ1) is 14.5. The number of aliphatic hydroxyl groups excluding tert-OH is 2.